The number of furan rings is 1. The summed E-state index contributed by atoms with van der Waals surface area (Å²) < 4.78 is 12.2. The normalized spacial score (nSPS) is 11.4. The lowest BCUT2D eigenvalue weighted by molar-refractivity contribution is 0.0943. The van der Waals surface area contributed by atoms with Gasteiger partial charge in [0.15, 0.2) is 22.3 Å². The maximum Gasteiger partial charge on any atom is 0.273 e. The molecule has 0 aliphatic heterocycles. The molecule has 4 heterocycles. The van der Waals surface area contributed by atoms with Gasteiger partial charge in [-0.3, -0.25) is 4.79 Å². The molecule has 0 aromatic carbocycles. The van der Waals surface area contributed by atoms with E-state index in [0.717, 1.165) is 23.4 Å². The third kappa shape index (κ3) is 4.71. The first kappa shape index (κ1) is 20.9. The van der Waals surface area contributed by atoms with Crippen molar-refractivity contribution in [3.63, 3.8) is 0 Å². The van der Waals surface area contributed by atoms with Gasteiger partial charge in [-0.1, -0.05) is 30.8 Å². The first-order chi connectivity index (χ1) is 15.0. The molecular formula is C20H23N7O3S. The van der Waals surface area contributed by atoms with E-state index in [2.05, 4.69) is 44.7 Å². The fourth-order valence-electron chi connectivity index (χ4n) is 2.91. The van der Waals surface area contributed by atoms with Crippen LogP contribution in [-0.2, 0) is 6.54 Å². The molecule has 31 heavy (non-hydrogen) atoms. The highest BCUT2D eigenvalue weighted by Gasteiger charge is 2.16. The minimum absolute atomic E-state index is 0.184. The Kier molecular flexibility index (Phi) is 6.21. The van der Waals surface area contributed by atoms with E-state index in [1.165, 1.54) is 18.0 Å². The summed E-state index contributed by atoms with van der Waals surface area (Å²) in [6.45, 7) is 5.89. The second kappa shape index (κ2) is 9.21. The largest absolute Gasteiger partial charge is 0.461 e. The molecule has 0 fully saturated rings. The average Bonchev–Trinajstić information content (AvgIpc) is 3.52. The molecule has 10 nitrogen and oxygen atoms in total. The molecule has 0 saturated carbocycles. The highest BCUT2D eigenvalue weighted by molar-refractivity contribution is 7.98. The Morgan fingerprint density at radius 2 is 2.16 bits per heavy atom. The fraction of sp³-hybridized carbons (Fsp3) is 0.350. The van der Waals surface area contributed by atoms with Gasteiger partial charge in [0.25, 0.3) is 5.91 Å². The van der Waals surface area contributed by atoms with Crippen LogP contribution in [0.25, 0.3) is 22.6 Å². The number of rotatable bonds is 9. The van der Waals surface area contributed by atoms with E-state index in [1.807, 2.05) is 6.26 Å². The molecule has 0 atom stereocenters. The van der Waals surface area contributed by atoms with E-state index in [0.29, 0.717) is 35.7 Å². The number of carbonyl (C=O) groups excluding carboxylic acids is 1. The summed E-state index contributed by atoms with van der Waals surface area (Å²) in [7, 11) is 0. The van der Waals surface area contributed by atoms with Crippen molar-refractivity contribution in [1.29, 1.82) is 0 Å². The molecule has 0 aliphatic rings. The predicted octanol–water partition coefficient (Wildman–Crippen LogP) is 3.29. The van der Waals surface area contributed by atoms with Crippen LogP contribution in [0.1, 0.15) is 24.3 Å². The Morgan fingerprint density at radius 1 is 1.29 bits per heavy atom. The molecule has 0 radical (unpaired) electrons. The van der Waals surface area contributed by atoms with Gasteiger partial charge in [-0.2, -0.15) is 5.10 Å². The summed E-state index contributed by atoms with van der Waals surface area (Å²) in [5, 5.41) is 16.0. The molecule has 0 aliphatic carbocycles. The summed E-state index contributed by atoms with van der Waals surface area (Å²) in [6.07, 6.45) is 5.21. The van der Waals surface area contributed by atoms with Crippen LogP contribution in [0.3, 0.4) is 0 Å². The van der Waals surface area contributed by atoms with Crippen molar-refractivity contribution in [2.75, 3.05) is 24.7 Å². The molecule has 0 saturated heterocycles. The maximum absolute atomic E-state index is 12.4. The number of hydrogen-bond donors (Lipinski definition) is 2. The smallest absolute Gasteiger partial charge is 0.273 e. The molecule has 162 valence electrons. The summed E-state index contributed by atoms with van der Waals surface area (Å²) in [5.41, 5.74) is 0.908. The number of fused-ring (bicyclic) bond motifs is 1. The zero-order chi connectivity index (χ0) is 21.8. The monoisotopic (exact) mass is 441 g/mol. The molecule has 4 aromatic rings. The van der Waals surface area contributed by atoms with Crippen LogP contribution in [-0.4, -0.2) is 50.2 Å². The lowest BCUT2D eigenvalue weighted by atomic mass is 10.2. The van der Waals surface area contributed by atoms with Gasteiger partial charge in [-0.05, 0) is 24.3 Å². The predicted molar refractivity (Wildman–Crippen MR) is 117 cm³/mol. The van der Waals surface area contributed by atoms with E-state index >= 15 is 0 Å². The van der Waals surface area contributed by atoms with Crippen molar-refractivity contribution in [2.24, 2.45) is 5.92 Å². The molecular weight excluding hydrogens is 418 g/mol. The number of aromatic nitrogens is 5. The Bertz CT molecular complexity index is 1170. The Morgan fingerprint density at radius 3 is 2.90 bits per heavy atom. The van der Waals surface area contributed by atoms with Crippen molar-refractivity contribution >= 4 is 34.5 Å². The van der Waals surface area contributed by atoms with Crippen LogP contribution in [0, 0.1) is 5.92 Å². The molecule has 0 bridgehead atoms. The molecule has 0 unspecified atom stereocenters. The number of carbonyl (C=O) groups is 1. The molecule has 1 amide bonds. The third-order valence-electron chi connectivity index (χ3n) is 4.45. The van der Waals surface area contributed by atoms with Crippen LogP contribution in [0.15, 0.2) is 44.8 Å². The van der Waals surface area contributed by atoms with Crippen molar-refractivity contribution in [2.45, 2.75) is 25.5 Å². The first-order valence-corrected chi connectivity index (χ1v) is 11.1. The quantitative estimate of drug-likeness (QED) is 0.297. The van der Waals surface area contributed by atoms with Gasteiger partial charge >= 0.3 is 0 Å². The SMILES string of the molecule is CSc1nc(NCC(C)C)c2cnn(CCNC(=O)c3cc(-c4ccco4)on3)c2n1. The Balaban J connectivity index is 1.43. The zero-order valence-corrected chi connectivity index (χ0v) is 18.3. The van der Waals surface area contributed by atoms with E-state index in [4.69, 9.17) is 8.94 Å². The zero-order valence-electron chi connectivity index (χ0n) is 17.5. The number of amides is 1. The van der Waals surface area contributed by atoms with Crippen LogP contribution in [0.2, 0.25) is 0 Å². The van der Waals surface area contributed by atoms with Crippen molar-refractivity contribution in [3.8, 4) is 11.5 Å². The number of anilines is 1. The van der Waals surface area contributed by atoms with Gasteiger partial charge < -0.3 is 19.6 Å². The van der Waals surface area contributed by atoms with Gasteiger partial charge in [0.2, 0.25) is 5.76 Å². The van der Waals surface area contributed by atoms with Crippen molar-refractivity contribution in [3.05, 3.63) is 36.4 Å². The standard InChI is InChI=1S/C20H23N7O3S/c1-12(2)10-22-17-13-11-23-27(18(13)25-20(24-17)31-3)7-6-21-19(28)14-9-16(30-26-14)15-5-4-8-29-15/h4-5,8-9,11-12H,6-7,10H2,1-3H3,(H,21,28)(H,22,24,25). The number of thioether (sulfide) groups is 1. The van der Waals surface area contributed by atoms with Crippen molar-refractivity contribution < 1.29 is 13.7 Å². The lowest BCUT2D eigenvalue weighted by Crippen LogP contribution is -2.27. The second-order valence-corrected chi connectivity index (χ2v) is 8.02. The second-order valence-electron chi connectivity index (χ2n) is 7.25. The van der Waals surface area contributed by atoms with E-state index < -0.39 is 0 Å². The molecule has 11 heteroatoms. The summed E-state index contributed by atoms with van der Waals surface area (Å²) >= 11 is 1.47. The fourth-order valence-corrected chi connectivity index (χ4v) is 3.27. The minimum Gasteiger partial charge on any atom is -0.461 e. The maximum atomic E-state index is 12.4. The minimum atomic E-state index is -0.336. The van der Waals surface area contributed by atoms with Crippen molar-refractivity contribution in [1.82, 2.24) is 30.2 Å². The number of nitrogens with zero attached hydrogens (tertiary/aromatic N) is 5. The third-order valence-corrected chi connectivity index (χ3v) is 5.00. The number of nitrogens with one attached hydrogen (secondary N) is 2. The molecule has 2 N–H and O–H groups in total. The van der Waals surface area contributed by atoms with Gasteiger partial charge in [0.05, 0.1) is 24.4 Å². The van der Waals surface area contributed by atoms with Crippen LogP contribution < -0.4 is 10.6 Å². The summed E-state index contributed by atoms with van der Waals surface area (Å²) in [4.78, 5) is 21.5. The van der Waals surface area contributed by atoms with E-state index in [1.54, 1.807) is 29.1 Å². The average molecular weight is 442 g/mol. The van der Waals surface area contributed by atoms with E-state index in [-0.39, 0.29) is 11.6 Å². The first-order valence-electron chi connectivity index (χ1n) is 9.85. The molecule has 4 rings (SSSR count). The molecule has 0 spiro atoms. The summed E-state index contributed by atoms with van der Waals surface area (Å²) in [6, 6.07) is 5.02. The van der Waals surface area contributed by atoms with Gasteiger partial charge in [0, 0.05) is 19.2 Å². The van der Waals surface area contributed by atoms with Gasteiger partial charge in [-0.15, -0.1) is 0 Å². The summed E-state index contributed by atoms with van der Waals surface area (Å²) in [5.74, 6) is 1.83. The molecule has 4 aromatic heterocycles. The number of hydrogen-bond acceptors (Lipinski definition) is 9. The Hall–Kier alpha value is -3.34. The van der Waals surface area contributed by atoms with Gasteiger partial charge in [-0.25, -0.2) is 14.6 Å². The van der Waals surface area contributed by atoms with E-state index in [9.17, 15) is 4.79 Å². The van der Waals surface area contributed by atoms with Crippen LogP contribution in [0.5, 0.6) is 0 Å². The van der Waals surface area contributed by atoms with Crippen LogP contribution >= 0.6 is 11.8 Å². The highest BCUT2D eigenvalue weighted by Crippen LogP contribution is 2.24. The Labute approximate surface area is 182 Å². The van der Waals surface area contributed by atoms with Crippen LogP contribution in [0.4, 0.5) is 5.82 Å². The van der Waals surface area contributed by atoms with Gasteiger partial charge in [0.1, 0.15) is 5.82 Å². The topological polar surface area (TPSA) is 124 Å². The lowest BCUT2D eigenvalue weighted by Gasteiger charge is -2.10. The highest BCUT2D eigenvalue weighted by atomic mass is 32.2.